The minimum atomic E-state index is 0.0689. The van der Waals surface area contributed by atoms with Crippen LogP contribution < -0.4 is 5.32 Å². The molecule has 27 heavy (non-hydrogen) atoms. The number of nitrogens with zero attached hydrogens (tertiary/aromatic N) is 1. The first-order chi connectivity index (χ1) is 13.2. The molecule has 1 amide bonds. The molecule has 0 radical (unpaired) electrons. The lowest BCUT2D eigenvalue weighted by atomic mass is 9.88. The Morgan fingerprint density at radius 2 is 1.96 bits per heavy atom. The third kappa shape index (κ3) is 4.60. The molecule has 0 unspecified atom stereocenters. The topological polar surface area (TPSA) is 41.6 Å². The number of hydrogen-bond donors (Lipinski definition) is 1. The number of nitrogens with one attached hydrogen (secondary N) is 1. The summed E-state index contributed by atoms with van der Waals surface area (Å²) >= 11 is 1.75. The van der Waals surface area contributed by atoms with Gasteiger partial charge in [-0.25, -0.2) is 0 Å². The summed E-state index contributed by atoms with van der Waals surface area (Å²) in [5.74, 6) is 0.808. The molecule has 0 saturated carbocycles. The van der Waals surface area contributed by atoms with Crippen molar-refractivity contribution in [2.24, 2.45) is 5.92 Å². The highest BCUT2D eigenvalue weighted by atomic mass is 32.1. The Morgan fingerprint density at radius 1 is 1.22 bits per heavy atom. The summed E-state index contributed by atoms with van der Waals surface area (Å²) in [5, 5.41) is 5.15. The van der Waals surface area contributed by atoms with Crippen molar-refractivity contribution in [2.75, 3.05) is 26.3 Å². The molecule has 4 nitrogen and oxygen atoms in total. The maximum absolute atomic E-state index is 12.6. The molecule has 2 heterocycles. The summed E-state index contributed by atoms with van der Waals surface area (Å²) in [7, 11) is 0. The first-order valence-corrected chi connectivity index (χ1v) is 10.8. The smallest absolute Gasteiger partial charge is 0.252 e. The van der Waals surface area contributed by atoms with Gasteiger partial charge in [-0.1, -0.05) is 31.2 Å². The van der Waals surface area contributed by atoms with E-state index in [1.165, 1.54) is 22.4 Å². The van der Waals surface area contributed by atoms with Gasteiger partial charge in [0.15, 0.2) is 0 Å². The second-order valence-corrected chi connectivity index (χ2v) is 8.75. The van der Waals surface area contributed by atoms with E-state index in [-0.39, 0.29) is 5.91 Å². The fraction of sp³-hybridized carbons (Fsp3) is 0.500. The predicted molar refractivity (Wildman–Crippen MR) is 109 cm³/mol. The number of rotatable bonds is 5. The van der Waals surface area contributed by atoms with Gasteiger partial charge >= 0.3 is 0 Å². The van der Waals surface area contributed by atoms with E-state index < -0.39 is 0 Å². The van der Waals surface area contributed by atoms with Crippen LogP contribution in [-0.4, -0.2) is 37.1 Å². The average Bonchev–Trinajstić information content (AvgIpc) is 3.11. The summed E-state index contributed by atoms with van der Waals surface area (Å²) in [4.78, 5) is 16.5. The van der Waals surface area contributed by atoms with Crippen LogP contribution in [0.1, 0.15) is 45.3 Å². The second-order valence-electron chi connectivity index (χ2n) is 7.79. The molecule has 5 heteroatoms. The van der Waals surface area contributed by atoms with Crippen LogP contribution in [0, 0.1) is 5.92 Å². The number of morpholine rings is 1. The molecule has 1 atom stereocenters. The number of carbonyl (C=O) groups excluding carboxylic acids is 1. The summed E-state index contributed by atoms with van der Waals surface area (Å²) in [6.07, 6.45) is 3.35. The zero-order chi connectivity index (χ0) is 18.6. The van der Waals surface area contributed by atoms with Gasteiger partial charge in [0.2, 0.25) is 0 Å². The molecule has 1 N–H and O–H groups in total. The Labute approximate surface area is 165 Å². The Bertz CT molecular complexity index is 778. The van der Waals surface area contributed by atoms with Crippen LogP contribution in [0.3, 0.4) is 0 Å². The van der Waals surface area contributed by atoms with Crippen LogP contribution in [0.5, 0.6) is 0 Å². The molecular formula is C22H28N2O2S. The van der Waals surface area contributed by atoms with Gasteiger partial charge in [-0.3, -0.25) is 9.69 Å². The van der Waals surface area contributed by atoms with Crippen LogP contribution in [0.4, 0.5) is 0 Å². The van der Waals surface area contributed by atoms with E-state index in [2.05, 4.69) is 41.4 Å². The van der Waals surface area contributed by atoms with Crippen LogP contribution in [0.15, 0.2) is 29.6 Å². The fourth-order valence-corrected chi connectivity index (χ4v) is 5.17. The molecule has 2 aliphatic rings. The highest BCUT2D eigenvalue weighted by Crippen LogP contribution is 2.32. The van der Waals surface area contributed by atoms with Crippen molar-refractivity contribution in [2.45, 2.75) is 39.3 Å². The van der Waals surface area contributed by atoms with Crippen molar-refractivity contribution in [3.05, 3.63) is 56.8 Å². The number of benzene rings is 1. The molecule has 144 valence electrons. The first-order valence-electron chi connectivity index (χ1n) is 9.94. The molecular weight excluding hydrogens is 356 g/mol. The number of carbonyl (C=O) groups is 1. The van der Waals surface area contributed by atoms with Gasteiger partial charge in [-0.2, -0.15) is 0 Å². The van der Waals surface area contributed by atoms with Crippen molar-refractivity contribution in [1.29, 1.82) is 0 Å². The van der Waals surface area contributed by atoms with E-state index in [0.29, 0.717) is 6.54 Å². The molecule has 1 aromatic heterocycles. The third-order valence-electron chi connectivity index (χ3n) is 5.63. The largest absolute Gasteiger partial charge is 0.379 e. The highest BCUT2D eigenvalue weighted by molar-refractivity contribution is 7.10. The zero-order valence-electron chi connectivity index (χ0n) is 16.0. The third-order valence-corrected chi connectivity index (χ3v) is 6.68. The van der Waals surface area contributed by atoms with Crippen LogP contribution >= 0.6 is 11.3 Å². The Kier molecular flexibility index (Phi) is 5.91. The number of fused-ring (bicyclic) bond motifs is 1. The van der Waals surface area contributed by atoms with Gasteiger partial charge in [0.25, 0.3) is 5.91 Å². The molecule has 1 aromatic carbocycles. The van der Waals surface area contributed by atoms with Gasteiger partial charge in [0.1, 0.15) is 0 Å². The quantitative estimate of drug-likeness (QED) is 0.856. The molecule has 1 aliphatic carbocycles. The van der Waals surface area contributed by atoms with E-state index in [1.54, 1.807) is 11.3 Å². The van der Waals surface area contributed by atoms with Gasteiger partial charge in [0, 0.05) is 36.4 Å². The van der Waals surface area contributed by atoms with Crippen molar-refractivity contribution in [1.82, 2.24) is 10.2 Å². The van der Waals surface area contributed by atoms with E-state index in [1.807, 2.05) is 5.38 Å². The van der Waals surface area contributed by atoms with E-state index in [4.69, 9.17) is 4.74 Å². The normalized spacial score (nSPS) is 20.3. The maximum atomic E-state index is 12.6. The van der Waals surface area contributed by atoms with Gasteiger partial charge < -0.3 is 10.1 Å². The average molecular weight is 385 g/mol. The Balaban J connectivity index is 1.31. The van der Waals surface area contributed by atoms with Crippen LogP contribution in [-0.2, 0) is 30.7 Å². The Hall–Kier alpha value is -1.69. The summed E-state index contributed by atoms with van der Waals surface area (Å²) in [6.45, 7) is 7.51. The lowest BCUT2D eigenvalue weighted by Gasteiger charge is -2.26. The van der Waals surface area contributed by atoms with E-state index in [0.717, 1.165) is 62.7 Å². The first kappa shape index (κ1) is 18.7. The number of amides is 1. The molecule has 0 spiro atoms. The number of ether oxygens (including phenoxy) is 1. The highest BCUT2D eigenvalue weighted by Gasteiger charge is 2.23. The molecule has 1 saturated heterocycles. The van der Waals surface area contributed by atoms with Crippen molar-refractivity contribution >= 4 is 17.2 Å². The number of thiophene rings is 1. The van der Waals surface area contributed by atoms with E-state index >= 15 is 0 Å². The minimum Gasteiger partial charge on any atom is -0.379 e. The maximum Gasteiger partial charge on any atom is 0.252 e. The monoisotopic (exact) mass is 384 g/mol. The molecule has 0 bridgehead atoms. The SMILES string of the molecule is C[C@H]1CCc2c(C(=O)NCc3ccc(CN4CCOCC4)cc3)csc2C1. The van der Waals surface area contributed by atoms with Crippen LogP contribution in [0.2, 0.25) is 0 Å². The minimum absolute atomic E-state index is 0.0689. The van der Waals surface area contributed by atoms with Crippen molar-refractivity contribution in [3.63, 3.8) is 0 Å². The zero-order valence-corrected chi connectivity index (χ0v) is 16.8. The van der Waals surface area contributed by atoms with Gasteiger partial charge in [-0.05, 0) is 41.9 Å². The predicted octanol–water partition coefficient (Wildman–Crippen LogP) is 3.64. The lowest BCUT2D eigenvalue weighted by molar-refractivity contribution is 0.0342. The Morgan fingerprint density at radius 3 is 2.74 bits per heavy atom. The molecule has 1 fully saturated rings. The molecule has 4 rings (SSSR count). The van der Waals surface area contributed by atoms with Crippen LogP contribution in [0.25, 0.3) is 0 Å². The summed E-state index contributed by atoms with van der Waals surface area (Å²) < 4.78 is 5.40. The number of hydrogen-bond acceptors (Lipinski definition) is 4. The van der Waals surface area contributed by atoms with E-state index in [9.17, 15) is 4.79 Å². The summed E-state index contributed by atoms with van der Waals surface area (Å²) in [5.41, 5.74) is 4.64. The van der Waals surface area contributed by atoms with Gasteiger partial charge in [-0.15, -0.1) is 11.3 Å². The molecule has 2 aromatic rings. The van der Waals surface area contributed by atoms with Crippen molar-refractivity contribution in [3.8, 4) is 0 Å². The lowest BCUT2D eigenvalue weighted by Crippen LogP contribution is -2.35. The standard InChI is InChI=1S/C22H28N2O2S/c1-16-2-7-19-20(15-27-21(19)12-16)22(25)23-13-17-3-5-18(6-4-17)14-24-8-10-26-11-9-24/h3-6,15-16H,2,7-14H2,1H3,(H,23,25)/t16-/m0/s1. The van der Waals surface area contributed by atoms with Gasteiger partial charge in [0.05, 0.1) is 18.8 Å². The summed E-state index contributed by atoms with van der Waals surface area (Å²) in [6, 6.07) is 8.59. The second kappa shape index (κ2) is 8.55. The fourth-order valence-electron chi connectivity index (χ4n) is 3.93. The molecule has 1 aliphatic heterocycles. The van der Waals surface area contributed by atoms with Crippen molar-refractivity contribution < 1.29 is 9.53 Å².